The van der Waals surface area contributed by atoms with Crippen LogP contribution in [0.25, 0.3) is 11.1 Å². The number of carbonyl (C=O) groups excluding carboxylic acids is 3. The van der Waals surface area contributed by atoms with Gasteiger partial charge in [-0.2, -0.15) is 13.2 Å². The molecular weight excluding hydrogens is 632 g/mol. The van der Waals surface area contributed by atoms with Gasteiger partial charge in [-0.05, 0) is 55.9 Å². The molecule has 46 heavy (non-hydrogen) atoms. The molecule has 2 amide bonds. The van der Waals surface area contributed by atoms with Crippen molar-refractivity contribution in [2.45, 2.75) is 75.5 Å². The number of amides is 2. The van der Waals surface area contributed by atoms with Crippen molar-refractivity contribution in [2.75, 3.05) is 26.0 Å². The van der Waals surface area contributed by atoms with E-state index in [-0.39, 0.29) is 25.3 Å². The van der Waals surface area contributed by atoms with E-state index in [0.717, 1.165) is 30.6 Å². The van der Waals surface area contributed by atoms with Gasteiger partial charge in [-0.1, -0.05) is 48.5 Å². The van der Waals surface area contributed by atoms with Gasteiger partial charge in [0.15, 0.2) is 5.78 Å². The van der Waals surface area contributed by atoms with Crippen LogP contribution in [0.3, 0.4) is 0 Å². The molecule has 3 N–H and O–H groups in total. The minimum absolute atomic E-state index is 0.0653. The van der Waals surface area contributed by atoms with Crippen LogP contribution >= 0.6 is 0 Å². The third kappa shape index (κ3) is 9.04. The van der Waals surface area contributed by atoms with Gasteiger partial charge >= 0.3 is 12.3 Å². The Balaban J connectivity index is 1.51. The Kier molecular flexibility index (Phi) is 10.2. The molecule has 4 rings (SSSR count). The van der Waals surface area contributed by atoms with Crippen LogP contribution in [0.1, 0.15) is 57.2 Å². The highest BCUT2D eigenvalue weighted by atomic mass is 32.2. The fourth-order valence-electron chi connectivity index (χ4n) is 5.51. The molecule has 15 heteroatoms. The Bertz CT molecular complexity index is 1540. The van der Waals surface area contributed by atoms with Crippen molar-refractivity contribution in [3.8, 4) is 11.1 Å². The van der Waals surface area contributed by atoms with E-state index in [2.05, 4.69) is 15.4 Å². The summed E-state index contributed by atoms with van der Waals surface area (Å²) in [5.41, 5.74) is -0.842. The predicted molar refractivity (Wildman–Crippen MR) is 162 cm³/mol. The molecule has 1 saturated carbocycles. The number of hydrogen-bond acceptors (Lipinski definition) is 7. The molecule has 10 nitrogen and oxygen atoms in total. The van der Waals surface area contributed by atoms with Crippen molar-refractivity contribution in [3.63, 3.8) is 0 Å². The molecule has 1 heterocycles. The van der Waals surface area contributed by atoms with E-state index in [4.69, 9.17) is 4.74 Å². The zero-order chi connectivity index (χ0) is 34.1. The molecule has 2 aromatic rings. The number of benzene rings is 2. The lowest BCUT2D eigenvalue weighted by atomic mass is 9.95. The van der Waals surface area contributed by atoms with Gasteiger partial charge in [-0.25, -0.2) is 22.3 Å². The molecule has 2 aromatic carbocycles. The number of nitrogens with zero attached hydrogens (tertiary/aromatic N) is 1. The van der Waals surface area contributed by atoms with Gasteiger partial charge in [-0.15, -0.1) is 0 Å². The fourth-order valence-corrected chi connectivity index (χ4v) is 6.54. The van der Waals surface area contributed by atoms with Gasteiger partial charge in [0.2, 0.25) is 15.9 Å². The number of sulfonamides is 1. The van der Waals surface area contributed by atoms with E-state index in [9.17, 15) is 40.4 Å². The van der Waals surface area contributed by atoms with Crippen LogP contribution < -0.4 is 15.4 Å². The number of likely N-dealkylation sites (tertiary alicyclic amines) is 1. The van der Waals surface area contributed by atoms with Gasteiger partial charge in [0.1, 0.15) is 17.8 Å². The number of ketones is 1. The molecular formula is C31H38F4N4O6S. The second-order valence-electron chi connectivity index (χ2n) is 12.4. The molecule has 0 spiro atoms. The number of nitrogens with one attached hydrogen (secondary N) is 3. The summed E-state index contributed by atoms with van der Waals surface area (Å²) in [6.45, 7) is 3.34. The molecule has 252 valence electrons. The maximum atomic E-state index is 14.7. The van der Waals surface area contributed by atoms with Crippen LogP contribution in [-0.2, 0) is 29.9 Å². The quantitative estimate of drug-likeness (QED) is 0.290. The van der Waals surface area contributed by atoms with Gasteiger partial charge in [0, 0.05) is 6.42 Å². The number of carbonyl (C=O) groups is 3. The molecule has 1 aliphatic carbocycles. The second-order valence-corrected chi connectivity index (χ2v) is 14.1. The van der Waals surface area contributed by atoms with Crippen LogP contribution in [0, 0.1) is 0 Å². The summed E-state index contributed by atoms with van der Waals surface area (Å²) in [7, 11) is -3.42. The van der Waals surface area contributed by atoms with Crippen molar-refractivity contribution >= 4 is 27.8 Å². The summed E-state index contributed by atoms with van der Waals surface area (Å²) in [6.07, 6.45) is -3.87. The van der Waals surface area contributed by atoms with E-state index < -0.39 is 69.7 Å². The number of Topliss-reactive ketones (excluding diaryl/α,β-unsaturated/α-hetero) is 1. The van der Waals surface area contributed by atoms with Crippen LogP contribution in [0.15, 0.2) is 48.5 Å². The SMILES string of the molecule is CCOC(=O)N1CC(=O)C(NC(=O)[C@H](CC(C)(C)F)N[C@@H](c2ccc(-c3ccc(C4(NS(C)(=O)=O)CC4)cc3)cc2)C(F)(F)F)C1. The molecule has 3 atom stereocenters. The average molecular weight is 671 g/mol. The Hall–Kier alpha value is -3.56. The zero-order valence-corrected chi connectivity index (χ0v) is 26.7. The van der Waals surface area contributed by atoms with Crippen molar-refractivity contribution in [2.24, 2.45) is 0 Å². The normalized spacial score (nSPS) is 19.4. The van der Waals surface area contributed by atoms with Gasteiger partial charge in [0.25, 0.3) is 0 Å². The average Bonchev–Trinajstić information content (AvgIpc) is 3.62. The maximum absolute atomic E-state index is 14.7. The summed E-state index contributed by atoms with van der Waals surface area (Å²) in [5, 5.41) is 4.65. The van der Waals surface area contributed by atoms with Crippen LogP contribution in [0.2, 0.25) is 0 Å². The van der Waals surface area contributed by atoms with Crippen molar-refractivity contribution < 1.29 is 45.1 Å². The minimum Gasteiger partial charge on any atom is -0.450 e. The molecule has 0 radical (unpaired) electrons. The third-order valence-electron chi connectivity index (χ3n) is 7.83. The van der Waals surface area contributed by atoms with Crippen LogP contribution in [-0.4, -0.2) is 81.0 Å². The summed E-state index contributed by atoms with van der Waals surface area (Å²) in [6, 6.07) is 7.34. The Labute approximate surface area is 265 Å². The Morgan fingerprint density at radius 3 is 2.07 bits per heavy atom. The van der Waals surface area contributed by atoms with Crippen molar-refractivity contribution in [1.29, 1.82) is 0 Å². The Morgan fingerprint density at radius 2 is 1.59 bits per heavy atom. The van der Waals surface area contributed by atoms with Crippen molar-refractivity contribution in [3.05, 3.63) is 59.7 Å². The number of hydrogen-bond donors (Lipinski definition) is 3. The summed E-state index contributed by atoms with van der Waals surface area (Å²) in [4.78, 5) is 38.7. The largest absolute Gasteiger partial charge is 0.450 e. The van der Waals surface area contributed by atoms with Crippen LogP contribution in [0.5, 0.6) is 0 Å². The lowest BCUT2D eigenvalue weighted by Gasteiger charge is -2.30. The molecule has 1 aliphatic heterocycles. The number of ether oxygens (including phenoxy) is 1. The summed E-state index contributed by atoms with van der Waals surface area (Å²) < 4.78 is 89.0. The summed E-state index contributed by atoms with van der Waals surface area (Å²) in [5.74, 6) is -1.55. The molecule has 2 fully saturated rings. The first-order chi connectivity index (χ1) is 21.3. The van der Waals surface area contributed by atoms with E-state index in [1.54, 1.807) is 31.2 Å². The standard InChI is InChI=1S/C31H38F4N4O6S/c1-5-45-28(42)39-17-24(25(40)18-39)37-27(41)23(16-29(2,3)32)36-26(31(33,34)35)21-8-6-19(7-9-21)20-10-12-22(13-11-20)30(14-15-30)38-46(4,43)44/h6-13,23-24,26,36,38H,5,14-18H2,1-4H3,(H,37,41)/t23-,24?,26-/m0/s1. The minimum atomic E-state index is -4.88. The monoisotopic (exact) mass is 670 g/mol. The second kappa shape index (κ2) is 13.3. The first-order valence-electron chi connectivity index (χ1n) is 14.8. The maximum Gasteiger partial charge on any atom is 0.410 e. The summed E-state index contributed by atoms with van der Waals surface area (Å²) >= 11 is 0. The molecule has 0 bridgehead atoms. The zero-order valence-electron chi connectivity index (χ0n) is 25.9. The highest BCUT2D eigenvalue weighted by Gasteiger charge is 2.47. The third-order valence-corrected chi connectivity index (χ3v) is 8.59. The van der Waals surface area contributed by atoms with Gasteiger partial charge in [0.05, 0.1) is 37.5 Å². The highest BCUT2D eigenvalue weighted by molar-refractivity contribution is 7.88. The van der Waals surface area contributed by atoms with E-state index >= 15 is 0 Å². The fraction of sp³-hybridized carbons (Fsp3) is 0.516. The predicted octanol–water partition coefficient (Wildman–Crippen LogP) is 4.12. The molecule has 2 aliphatic rings. The number of alkyl halides is 4. The molecule has 1 unspecified atom stereocenters. The topological polar surface area (TPSA) is 134 Å². The van der Waals surface area contributed by atoms with Crippen LogP contribution in [0.4, 0.5) is 22.4 Å². The van der Waals surface area contributed by atoms with E-state index in [1.165, 1.54) is 24.3 Å². The lowest BCUT2D eigenvalue weighted by Crippen LogP contribution is -2.54. The van der Waals surface area contributed by atoms with E-state index in [0.29, 0.717) is 24.0 Å². The Morgan fingerprint density at radius 1 is 1.02 bits per heavy atom. The first-order valence-corrected chi connectivity index (χ1v) is 16.7. The number of halogens is 4. The van der Waals surface area contributed by atoms with Crippen molar-refractivity contribution in [1.82, 2.24) is 20.3 Å². The van der Waals surface area contributed by atoms with E-state index in [1.807, 2.05) is 0 Å². The molecule has 1 saturated heterocycles. The highest BCUT2D eigenvalue weighted by Crippen LogP contribution is 2.46. The van der Waals surface area contributed by atoms with Gasteiger partial charge in [-0.3, -0.25) is 19.8 Å². The smallest absolute Gasteiger partial charge is 0.410 e. The molecule has 0 aromatic heterocycles. The number of rotatable bonds is 12. The van der Waals surface area contributed by atoms with Gasteiger partial charge < -0.3 is 10.1 Å². The lowest BCUT2D eigenvalue weighted by molar-refractivity contribution is -0.161. The first kappa shape index (κ1) is 35.3.